The van der Waals surface area contributed by atoms with Crippen LogP contribution in [0.2, 0.25) is 0 Å². The fourth-order valence-electron chi connectivity index (χ4n) is 1.82. The predicted octanol–water partition coefficient (Wildman–Crippen LogP) is 2.86. The van der Waals surface area contributed by atoms with Crippen LogP contribution in [0.1, 0.15) is 31.0 Å². The van der Waals surface area contributed by atoms with Crippen molar-refractivity contribution < 1.29 is 0 Å². The fraction of sp³-hybridized carbons (Fsp3) is 0.727. The third-order valence-electron chi connectivity index (χ3n) is 2.66. The van der Waals surface area contributed by atoms with E-state index >= 15 is 0 Å². The molecular weight excluding hydrogens is 254 g/mol. The molecular formula is C11H20BrN3. The highest BCUT2D eigenvalue weighted by molar-refractivity contribution is 9.08. The summed E-state index contributed by atoms with van der Waals surface area (Å²) in [5.74, 6) is 1.23. The van der Waals surface area contributed by atoms with E-state index in [2.05, 4.69) is 46.8 Å². The molecule has 1 aromatic heterocycles. The minimum atomic E-state index is 0.873. The number of rotatable bonds is 5. The summed E-state index contributed by atoms with van der Waals surface area (Å²) in [6.07, 6.45) is 2.45. The Hall–Kier alpha value is -0.510. The molecule has 0 radical (unpaired) electrons. The summed E-state index contributed by atoms with van der Waals surface area (Å²) < 4.78 is 1.97. The van der Waals surface area contributed by atoms with Crippen LogP contribution < -0.4 is 4.90 Å². The first-order chi connectivity index (χ1) is 7.11. The highest BCUT2D eigenvalue weighted by Crippen LogP contribution is 2.24. The first-order valence-electron chi connectivity index (χ1n) is 5.41. The van der Waals surface area contributed by atoms with Gasteiger partial charge in [0.05, 0.1) is 5.69 Å². The van der Waals surface area contributed by atoms with Crippen molar-refractivity contribution in [1.82, 2.24) is 9.78 Å². The summed E-state index contributed by atoms with van der Waals surface area (Å²) in [7, 11) is 4.15. The Morgan fingerprint density at radius 3 is 2.67 bits per heavy atom. The normalized spacial score (nSPS) is 10.7. The van der Waals surface area contributed by atoms with Crippen LogP contribution >= 0.6 is 15.9 Å². The van der Waals surface area contributed by atoms with Gasteiger partial charge in [-0.05, 0) is 13.3 Å². The van der Waals surface area contributed by atoms with Crippen LogP contribution in [0.25, 0.3) is 0 Å². The van der Waals surface area contributed by atoms with Gasteiger partial charge in [-0.25, -0.2) is 0 Å². The highest BCUT2D eigenvalue weighted by Gasteiger charge is 2.15. The van der Waals surface area contributed by atoms with Crippen molar-refractivity contribution in [2.75, 3.05) is 18.5 Å². The number of nitrogens with zero attached hydrogens (tertiary/aromatic N) is 3. The van der Waals surface area contributed by atoms with Crippen LogP contribution in [-0.2, 0) is 12.4 Å². The quantitative estimate of drug-likeness (QED) is 0.770. The van der Waals surface area contributed by atoms with Crippen molar-refractivity contribution in [2.45, 2.75) is 32.0 Å². The molecule has 0 saturated carbocycles. The van der Waals surface area contributed by atoms with Gasteiger partial charge in [0.2, 0.25) is 0 Å². The van der Waals surface area contributed by atoms with Crippen molar-refractivity contribution in [3.63, 3.8) is 0 Å². The average molecular weight is 274 g/mol. The predicted molar refractivity (Wildman–Crippen MR) is 68.8 cm³/mol. The molecule has 0 aliphatic heterocycles. The topological polar surface area (TPSA) is 21.1 Å². The first-order valence-corrected chi connectivity index (χ1v) is 6.53. The maximum atomic E-state index is 4.46. The molecule has 15 heavy (non-hydrogen) atoms. The molecule has 0 aliphatic carbocycles. The van der Waals surface area contributed by atoms with Crippen LogP contribution in [0.4, 0.5) is 5.82 Å². The number of anilines is 1. The van der Waals surface area contributed by atoms with E-state index in [0.29, 0.717) is 0 Å². The average Bonchev–Trinajstić information content (AvgIpc) is 2.49. The number of unbranched alkanes of at least 4 members (excludes halogenated alkanes) is 1. The van der Waals surface area contributed by atoms with Gasteiger partial charge < -0.3 is 4.90 Å². The van der Waals surface area contributed by atoms with Crippen molar-refractivity contribution in [1.29, 1.82) is 0 Å². The van der Waals surface area contributed by atoms with Crippen molar-refractivity contribution in [3.8, 4) is 0 Å². The summed E-state index contributed by atoms with van der Waals surface area (Å²) >= 11 is 3.53. The van der Waals surface area contributed by atoms with E-state index in [0.717, 1.165) is 17.6 Å². The highest BCUT2D eigenvalue weighted by atomic mass is 79.9. The van der Waals surface area contributed by atoms with Gasteiger partial charge in [0.1, 0.15) is 5.82 Å². The summed E-state index contributed by atoms with van der Waals surface area (Å²) in [6, 6.07) is 0. The lowest BCUT2D eigenvalue weighted by molar-refractivity contribution is 0.701. The van der Waals surface area contributed by atoms with Crippen LogP contribution in [0.15, 0.2) is 0 Å². The number of aromatic nitrogens is 2. The van der Waals surface area contributed by atoms with Crippen molar-refractivity contribution >= 4 is 21.7 Å². The minimum Gasteiger partial charge on any atom is -0.360 e. The Kier molecular flexibility index (Phi) is 4.64. The molecule has 0 unspecified atom stereocenters. The SMILES string of the molecule is CCCCN(C)c1c(CBr)c(C)nn1C. The van der Waals surface area contributed by atoms with E-state index in [1.807, 2.05) is 11.7 Å². The second-order valence-corrected chi connectivity index (χ2v) is 4.48. The fourth-order valence-corrected chi connectivity index (χ4v) is 2.48. The van der Waals surface area contributed by atoms with E-state index in [1.165, 1.54) is 24.2 Å². The van der Waals surface area contributed by atoms with Gasteiger partial charge in [0, 0.05) is 31.5 Å². The van der Waals surface area contributed by atoms with Crippen LogP contribution in [0.3, 0.4) is 0 Å². The number of aryl methyl sites for hydroxylation is 2. The number of hydrogen-bond donors (Lipinski definition) is 0. The molecule has 1 rings (SSSR count). The Morgan fingerprint density at radius 2 is 2.13 bits per heavy atom. The molecule has 0 aromatic carbocycles. The van der Waals surface area contributed by atoms with Crippen molar-refractivity contribution in [3.05, 3.63) is 11.3 Å². The zero-order valence-electron chi connectivity index (χ0n) is 10.0. The molecule has 0 saturated heterocycles. The van der Waals surface area contributed by atoms with Crippen LogP contribution in [0.5, 0.6) is 0 Å². The summed E-state index contributed by atoms with van der Waals surface area (Å²) in [6.45, 7) is 5.37. The van der Waals surface area contributed by atoms with Gasteiger partial charge in [-0.15, -0.1) is 0 Å². The van der Waals surface area contributed by atoms with Gasteiger partial charge in [-0.2, -0.15) is 5.10 Å². The third-order valence-corrected chi connectivity index (χ3v) is 3.22. The van der Waals surface area contributed by atoms with Crippen LogP contribution in [-0.4, -0.2) is 23.4 Å². The molecule has 0 amide bonds. The maximum absolute atomic E-state index is 4.46. The Balaban J connectivity index is 2.91. The Labute approximate surface area is 101 Å². The van der Waals surface area contributed by atoms with Gasteiger partial charge >= 0.3 is 0 Å². The summed E-state index contributed by atoms with van der Waals surface area (Å²) in [5, 5.41) is 5.33. The second-order valence-electron chi connectivity index (χ2n) is 3.92. The monoisotopic (exact) mass is 273 g/mol. The molecule has 4 heteroatoms. The van der Waals surface area contributed by atoms with Gasteiger partial charge in [-0.3, -0.25) is 4.68 Å². The van der Waals surface area contributed by atoms with Gasteiger partial charge in [-0.1, -0.05) is 29.3 Å². The lowest BCUT2D eigenvalue weighted by atomic mass is 10.2. The van der Waals surface area contributed by atoms with E-state index in [1.54, 1.807) is 0 Å². The molecule has 0 bridgehead atoms. The lowest BCUT2D eigenvalue weighted by Gasteiger charge is -2.20. The molecule has 0 spiro atoms. The molecule has 86 valence electrons. The molecule has 0 N–H and O–H groups in total. The van der Waals surface area contributed by atoms with Gasteiger partial charge in [0.15, 0.2) is 0 Å². The van der Waals surface area contributed by atoms with E-state index in [4.69, 9.17) is 0 Å². The lowest BCUT2D eigenvalue weighted by Crippen LogP contribution is -2.22. The Bertz CT molecular complexity index is 320. The maximum Gasteiger partial charge on any atom is 0.130 e. The molecule has 1 aromatic rings. The molecule has 0 atom stereocenters. The Morgan fingerprint density at radius 1 is 1.47 bits per heavy atom. The second kappa shape index (κ2) is 5.54. The van der Waals surface area contributed by atoms with Crippen LogP contribution in [0, 0.1) is 6.92 Å². The molecule has 0 aliphatic rings. The minimum absolute atomic E-state index is 0.873. The van der Waals surface area contributed by atoms with E-state index in [-0.39, 0.29) is 0 Å². The molecule has 0 fully saturated rings. The van der Waals surface area contributed by atoms with Gasteiger partial charge in [0.25, 0.3) is 0 Å². The van der Waals surface area contributed by atoms with Crippen molar-refractivity contribution in [2.24, 2.45) is 7.05 Å². The number of hydrogen-bond acceptors (Lipinski definition) is 2. The molecule has 3 nitrogen and oxygen atoms in total. The van der Waals surface area contributed by atoms with E-state index in [9.17, 15) is 0 Å². The van der Waals surface area contributed by atoms with E-state index < -0.39 is 0 Å². The zero-order valence-corrected chi connectivity index (χ0v) is 11.6. The smallest absolute Gasteiger partial charge is 0.130 e. The first kappa shape index (κ1) is 12.6. The standard InChI is InChI=1S/C11H20BrN3/c1-5-6-7-14(3)11-10(8-12)9(2)13-15(11)4/h5-8H2,1-4H3. The summed E-state index contributed by atoms with van der Waals surface area (Å²) in [5.41, 5.74) is 2.42. The zero-order chi connectivity index (χ0) is 11.4. The largest absolute Gasteiger partial charge is 0.360 e. The number of halogens is 1. The number of alkyl halides is 1. The summed E-state index contributed by atoms with van der Waals surface area (Å²) in [4.78, 5) is 2.29. The molecule has 1 heterocycles. The third kappa shape index (κ3) is 2.74.